The fraction of sp³-hybridized carbons (Fsp3) is 0.667. The van der Waals surface area contributed by atoms with Gasteiger partial charge in [-0.1, -0.05) is 0 Å². The van der Waals surface area contributed by atoms with Crippen LogP contribution in [-0.4, -0.2) is 29.0 Å². The maximum Gasteiger partial charge on any atom is 0.310 e. The molecule has 1 saturated heterocycles. The molecule has 2 heterocycles. The molecule has 0 saturated carbocycles. The van der Waals surface area contributed by atoms with E-state index in [0.29, 0.717) is 6.61 Å². The van der Waals surface area contributed by atoms with E-state index in [2.05, 4.69) is 5.10 Å². The molecule has 2 rings (SSSR count). The summed E-state index contributed by atoms with van der Waals surface area (Å²) >= 11 is 0. The van der Waals surface area contributed by atoms with Crippen molar-refractivity contribution in [1.82, 2.24) is 9.78 Å². The minimum absolute atomic E-state index is 0.0275. The predicted octanol–water partition coefficient (Wildman–Crippen LogP) is 1.69. The third-order valence-electron chi connectivity index (χ3n) is 2.76. The van der Waals surface area contributed by atoms with E-state index in [1.54, 1.807) is 17.8 Å². The van der Waals surface area contributed by atoms with E-state index in [9.17, 15) is 4.79 Å². The van der Waals surface area contributed by atoms with Crippen LogP contribution in [0.25, 0.3) is 0 Å². The first-order valence-corrected chi connectivity index (χ1v) is 6.10. The van der Waals surface area contributed by atoms with Gasteiger partial charge in [0, 0.05) is 18.4 Å². The zero-order valence-corrected chi connectivity index (χ0v) is 10.1. The normalized spacial score (nSPS) is 20.2. The quantitative estimate of drug-likeness (QED) is 0.749. The lowest BCUT2D eigenvalue weighted by Gasteiger charge is -2.22. The topological polar surface area (TPSA) is 53.3 Å². The van der Waals surface area contributed by atoms with Crippen molar-refractivity contribution in [2.24, 2.45) is 0 Å². The van der Waals surface area contributed by atoms with Gasteiger partial charge < -0.3 is 9.47 Å². The maximum absolute atomic E-state index is 11.3. The number of rotatable bonds is 4. The molecule has 1 atom stereocenters. The number of hydrogen-bond donors (Lipinski definition) is 0. The highest BCUT2D eigenvalue weighted by Crippen LogP contribution is 2.21. The minimum Gasteiger partial charge on any atom is -0.466 e. The lowest BCUT2D eigenvalue weighted by molar-refractivity contribution is -0.142. The first-order valence-electron chi connectivity index (χ1n) is 6.10. The third kappa shape index (κ3) is 3.30. The van der Waals surface area contributed by atoms with E-state index in [-0.39, 0.29) is 18.6 Å². The molecular weight excluding hydrogens is 220 g/mol. The minimum atomic E-state index is -0.211. The summed E-state index contributed by atoms with van der Waals surface area (Å²) in [5, 5.41) is 4.24. The van der Waals surface area contributed by atoms with Crippen LogP contribution >= 0.6 is 0 Å². The lowest BCUT2D eigenvalue weighted by Crippen LogP contribution is -2.18. The van der Waals surface area contributed by atoms with Gasteiger partial charge in [0.25, 0.3) is 0 Å². The molecule has 0 aliphatic carbocycles. The summed E-state index contributed by atoms with van der Waals surface area (Å²) < 4.78 is 12.3. The van der Waals surface area contributed by atoms with Crippen LogP contribution in [0, 0.1) is 0 Å². The molecule has 0 radical (unpaired) electrons. The Morgan fingerprint density at radius 1 is 1.65 bits per heavy atom. The van der Waals surface area contributed by atoms with Crippen LogP contribution in [0.5, 0.6) is 0 Å². The highest BCUT2D eigenvalue weighted by Gasteiger charge is 2.17. The summed E-state index contributed by atoms with van der Waals surface area (Å²) in [7, 11) is 0. The zero-order chi connectivity index (χ0) is 12.1. The Morgan fingerprint density at radius 3 is 3.24 bits per heavy atom. The van der Waals surface area contributed by atoms with Crippen LogP contribution in [0.1, 0.15) is 38.0 Å². The Kier molecular flexibility index (Phi) is 4.14. The molecule has 0 bridgehead atoms. The van der Waals surface area contributed by atoms with Gasteiger partial charge in [-0.15, -0.1) is 0 Å². The molecule has 1 aromatic heterocycles. The van der Waals surface area contributed by atoms with Gasteiger partial charge in [-0.25, -0.2) is 4.68 Å². The Morgan fingerprint density at radius 2 is 2.53 bits per heavy atom. The maximum atomic E-state index is 11.3. The number of nitrogens with zero attached hydrogens (tertiary/aromatic N) is 2. The van der Waals surface area contributed by atoms with Crippen molar-refractivity contribution >= 4 is 5.97 Å². The highest BCUT2D eigenvalue weighted by molar-refractivity contribution is 5.72. The molecule has 1 aliphatic rings. The largest absolute Gasteiger partial charge is 0.466 e. The summed E-state index contributed by atoms with van der Waals surface area (Å²) in [6.45, 7) is 3.01. The number of esters is 1. The molecule has 1 fully saturated rings. The molecule has 5 nitrogen and oxygen atoms in total. The van der Waals surface area contributed by atoms with Crippen LogP contribution in [-0.2, 0) is 20.7 Å². The van der Waals surface area contributed by atoms with Crippen molar-refractivity contribution in [1.29, 1.82) is 0 Å². The van der Waals surface area contributed by atoms with Crippen LogP contribution in [0.4, 0.5) is 0 Å². The SMILES string of the molecule is CCOC(=O)Cc1cnn([C@H]2CCCCO2)c1. The van der Waals surface area contributed by atoms with Gasteiger partial charge in [0.2, 0.25) is 0 Å². The molecule has 0 spiro atoms. The smallest absolute Gasteiger partial charge is 0.310 e. The van der Waals surface area contributed by atoms with Crippen molar-refractivity contribution < 1.29 is 14.3 Å². The van der Waals surface area contributed by atoms with Crippen molar-refractivity contribution in [3.8, 4) is 0 Å². The summed E-state index contributed by atoms with van der Waals surface area (Å²) in [5.41, 5.74) is 0.873. The lowest BCUT2D eigenvalue weighted by atomic mass is 10.2. The number of carbonyl (C=O) groups is 1. The van der Waals surface area contributed by atoms with Crippen molar-refractivity contribution in [3.05, 3.63) is 18.0 Å². The first kappa shape index (κ1) is 12.1. The van der Waals surface area contributed by atoms with Crippen molar-refractivity contribution in [2.75, 3.05) is 13.2 Å². The highest BCUT2D eigenvalue weighted by atomic mass is 16.5. The fourth-order valence-electron chi connectivity index (χ4n) is 1.94. The van der Waals surface area contributed by atoms with Crippen LogP contribution in [0.2, 0.25) is 0 Å². The summed E-state index contributed by atoms with van der Waals surface area (Å²) in [5.74, 6) is -0.211. The van der Waals surface area contributed by atoms with Gasteiger partial charge >= 0.3 is 5.97 Å². The molecule has 5 heteroatoms. The monoisotopic (exact) mass is 238 g/mol. The van der Waals surface area contributed by atoms with Gasteiger partial charge in [-0.05, 0) is 26.2 Å². The molecule has 1 aromatic rings. The number of carbonyl (C=O) groups excluding carboxylic acids is 1. The molecular formula is C12H18N2O3. The van der Waals surface area contributed by atoms with E-state index in [4.69, 9.17) is 9.47 Å². The van der Waals surface area contributed by atoms with E-state index >= 15 is 0 Å². The average Bonchev–Trinajstić information content (AvgIpc) is 2.79. The molecule has 0 aromatic carbocycles. The van der Waals surface area contributed by atoms with Gasteiger partial charge in [-0.3, -0.25) is 4.79 Å². The second-order valence-electron chi connectivity index (χ2n) is 4.13. The van der Waals surface area contributed by atoms with E-state index in [0.717, 1.165) is 31.4 Å². The molecule has 0 amide bonds. The van der Waals surface area contributed by atoms with Crippen molar-refractivity contribution in [3.63, 3.8) is 0 Å². The number of ether oxygens (including phenoxy) is 2. The van der Waals surface area contributed by atoms with Crippen molar-refractivity contribution in [2.45, 2.75) is 38.8 Å². The predicted molar refractivity (Wildman–Crippen MR) is 61.4 cm³/mol. The standard InChI is InChI=1S/C12H18N2O3/c1-2-16-12(15)7-10-8-13-14(9-10)11-5-3-4-6-17-11/h8-9,11H,2-7H2,1H3/t11-/m1/s1. The Bertz CT molecular complexity index is 370. The van der Waals surface area contributed by atoms with Crippen LogP contribution < -0.4 is 0 Å². The molecule has 0 N–H and O–H groups in total. The second-order valence-corrected chi connectivity index (χ2v) is 4.13. The first-order chi connectivity index (χ1) is 8.29. The Hall–Kier alpha value is -1.36. The Balaban J connectivity index is 1.93. The summed E-state index contributed by atoms with van der Waals surface area (Å²) in [6.07, 6.45) is 7.15. The second kappa shape index (κ2) is 5.82. The van der Waals surface area contributed by atoms with E-state index < -0.39 is 0 Å². The van der Waals surface area contributed by atoms with Gasteiger partial charge in [0.1, 0.15) is 6.23 Å². The molecule has 94 valence electrons. The molecule has 17 heavy (non-hydrogen) atoms. The number of hydrogen-bond acceptors (Lipinski definition) is 4. The van der Waals surface area contributed by atoms with E-state index in [1.165, 1.54) is 0 Å². The van der Waals surface area contributed by atoms with Gasteiger partial charge in [-0.2, -0.15) is 5.10 Å². The zero-order valence-electron chi connectivity index (χ0n) is 10.1. The summed E-state index contributed by atoms with van der Waals surface area (Å²) in [4.78, 5) is 11.3. The molecule has 1 aliphatic heterocycles. The van der Waals surface area contributed by atoms with E-state index in [1.807, 2.05) is 6.20 Å². The van der Waals surface area contributed by atoms with Crippen LogP contribution in [0.3, 0.4) is 0 Å². The summed E-state index contributed by atoms with van der Waals surface area (Å²) in [6, 6.07) is 0. The van der Waals surface area contributed by atoms with Gasteiger partial charge in [0.05, 0.1) is 19.2 Å². The molecule has 0 unspecified atom stereocenters. The van der Waals surface area contributed by atoms with Gasteiger partial charge in [0.15, 0.2) is 0 Å². The van der Waals surface area contributed by atoms with Crippen LogP contribution in [0.15, 0.2) is 12.4 Å². The number of aromatic nitrogens is 2. The fourth-order valence-corrected chi connectivity index (χ4v) is 1.94. The average molecular weight is 238 g/mol. The third-order valence-corrected chi connectivity index (χ3v) is 2.76. The Labute approximate surface area is 101 Å².